The van der Waals surface area contributed by atoms with Crippen molar-refractivity contribution in [1.29, 1.82) is 0 Å². The lowest BCUT2D eigenvalue weighted by Gasteiger charge is -2.13. The van der Waals surface area contributed by atoms with Gasteiger partial charge in [-0.15, -0.1) is 0 Å². The number of aromatic nitrogens is 3. The highest BCUT2D eigenvalue weighted by molar-refractivity contribution is 6.06. The highest BCUT2D eigenvalue weighted by atomic mass is 16.5. The predicted molar refractivity (Wildman–Crippen MR) is 134 cm³/mol. The third-order valence-corrected chi connectivity index (χ3v) is 5.98. The van der Waals surface area contributed by atoms with Crippen molar-refractivity contribution in [3.05, 3.63) is 53.3 Å². The van der Waals surface area contributed by atoms with Gasteiger partial charge in [0.15, 0.2) is 17.3 Å². The van der Waals surface area contributed by atoms with Crippen molar-refractivity contribution in [1.82, 2.24) is 14.5 Å². The summed E-state index contributed by atoms with van der Waals surface area (Å²) in [4.78, 5) is 23.0. The molecule has 0 unspecified atom stereocenters. The van der Waals surface area contributed by atoms with E-state index in [0.29, 0.717) is 49.6 Å². The van der Waals surface area contributed by atoms with E-state index in [9.17, 15) is 15.0 Å². The van der Waals surface area contributed by atoms with E-state index >= 15 is 0 Å². The topological polar surface area (TPSA) is 136 Å². The molecular weight excluding hydrogens is 446 g/mol. The molecule has 2 aromatic carbocycles. The first kappa shape index (κ1) is 24.2. The molecule has 0 aliphatic heterocycles. The summed E-state index contributed by atoms with van der Waals surface area (Å²) < 4.78 is 7.58. The predicted octanol–water partition coefficient (Wildman–Crippen LogP) is 3.86. The van der Waals surface area contributed by atoms with Gasteiger partial charge in [0.1, 0.15) is 11.3 Å². The molecule has 4 N–H and O–H groups in total. The first-order chi connectivity index (χ1) is 17.0. The summed E-state index contributed by atoms with van der Waals surface area (Å²) in [7, 11) is 0. The van der Waals surface area contributed by atoms with Crippen LogP contribution in [0.3, 0.4) is 0 Å². The van der Waals surface area contributed by atoms with E-state index < -0.39 is 0 Å². The van der Waals surface area contributed by atoms with Gasteiger partial charge in [0.05, 0.1) is 37.3 Å². The zero-order chi connectivity index (χ0) is 24.8. The van der Waals surface area contributed by atoms with E-state index in [0.717, 1.165) is 47.1 Å². The van der Waals surface area contributed by atoms with Gasteiger partial charge < -0.3 is 25.3 Å². The van der Waals surface area contributed by atoms with Gasteiger partial charge in [-0.1, -0.05) is 37.6 Å². The van der Waals surface area contributed by atoms with Crippen molar-refractivity contribution < 1.29 is 19.7 Å². The monoisotopic (exact) mass is 475 g/mol. The minimum Gasteiger partial charge on any atom is -0.504 e. The summed E-state index contributed by atoms with van der Waals surface area (Å²) in [5, 5.41) is 21.3. The Morgan fingerprint density at radius 2 is 2.00 bits per heavy atom. The Balaban J connectivity index is 1.74. The van der Waals surface area contributed by atoms with Crippen LogP contribution < -0.4 is 5.73 Å². The number of imidazole rings is 1. The quantitative estimate of drug-likeness (QED) is 0.130. The van der Waals surface area contributed by atoms with Gasteiger partial charge in [-0.2, -0.15) is 0 Å². The van der Waals surface area contributed by atoms with Gasteiger partial charge in [0, 0.05) is 17.4 Å². The maximum Gasteiger partial charge on any atom is 0.235 e. The number of aromatic hydroxyl groups is 2. The number of nitrogens with zero attached hydrogens (tertiary/aromatic N) is 4. The van der Waals surface area contributed by atoms with Gasteiger partial charge in [0.2, 0.25) is 6.08 Å². The van der Waals surface area contributed by atoms with Crippen LogP contribution in [-0.2, 0) is 28.9 Å². The Kier molecular flexibility index (Phi) is 7.60. The molecule has 9 nitrogen and oxygen atoms in total. The van der Waals surface area contributed by atoms with Crippen LogP contribution in [0.2, 0.25) is 0 Å². The average molecular weight is 476 g/mol. The van der Waals surface area contributed by atoms with Crippen LogP contribution in [0.1, 0.15) is 36.7 Å². The number of isocyanates is 1. The number of hydrogen-bond acceptors (Lipinski definition) is 8. The van der Waals surface area contributed by atoms with Gasteiger partial charge in [-0.3, -0.25) is 0 Å². The molecule has 2 aromatic heterocycles. The lowest BCUT2D eigenvalue weighted by Crippen LogP contribution is -2.06. The summed E-state index contributed by atoms with van der Waals surface area (Å²) in [6.45, 7) is 3.63. The summed E-state index contributed by atoms with van der Waals surface area (Å²) in [5.74, 6) is 0.923. The lowest BCUT2D eigenvalue weighted by molar-refractivity contribution is 0.145. The van der Waals surface area contributed by atoms with E-state index in [-0.39, 0.29) is 11.5 Å². The molecular formula is C26H29N5O4. The Labute approximate surface area is 202 Å². The summed E-state index contributed by atoms with van der Waals surface area (Å²) >= 11 is 0. The summed E-state index contributed by atoms with van der Waals surface area (Å²) in [6.07, 6.45) is 4.91. The number of rotatable bonds is 11. The fraction of sp³-hybridized carbons (Fsp3) is 0.346. The van der Waals surface area contributed by atoms with E-state index in [4.69, 9.17) is 15.5 Å². The molecule has 0 aliphatic rings. The van der Waals surface area contributed by atoms with Crippen LogP contribution in [0.15, 0.2) is 41.4 Å². The molecule has 0 radical (unpaired) electrons. The average Bonchev–Trinajstić information content (AvgIpc) is 3.21. The fourth-order valence-corrected chi connectivity index (χ4v) is 4.18. The number of para-hydroxylation sites is 1. The highest BCUT2D eigenvalue weighted by Gasteiger charge is 2.19. The molecule has 0 amide bonds. The van der Waals surface area contributed by atoms with Crippen LogP contribution in [0.25, 0.3) is 21.9 Å². The smallest absolute Gasteiger partial charge is 0.235 e. The second kappa shape index (κ2) is 11.0. The van der Waals surface area contributed by atoms with Gasteiger partial charge in [-0.25, -0.2) is 19.8 Å². The van der Waals surface area contributed by atoms with Gasteiger partial charge in [-0.05, 0) is 30.5 Å². The Hall–Kier alpha value is -3.94. The standard InChI is InChI=1S/C26H29N5O4/c1-2-3-7-22-30-23-24(31(22)15-18-5-4-6-21(33)25(18)34)19-9-8-17(14-20(19)29-26(23)27)10-12-35-13-11-28-16-32/h4-6,8-9,14,33-34H,2-3,7,10-13,15H2,1H3,(H2,27,29). The van der Waals surface area contributed by atoms with Crippen molar-refractivity contribution in [2.24, 2.45) is 4.99 Å². The summed E-state index contributed by atoms with van der Waals surface area (Å²) in [6, 6.07) is 11.0. The molecule has 0 fully saturated rings. The SMILES string of the molecule is CCCCc1nc2c(N)nc3cc(CCOCCN=C=O)ccc3c2n1Cc1cccc(O)c1O. The van der Waals surface area contributed by atoms with Crippen molar-refractivity contribution in [2.45, 2.75) is 39.2 Å². The molecule has 4 aromatic rings. The highest BCUT2D eigenvalue weighted by Crippen LogP contribution is 2.34. The van der Waals surface area contributed by atoms with Crippen LogP contribution in [0.5, 0.6) is 11.5 Å². The number of benzene rings is 2. The van der Waals surface area contributed by atoms with Crippen molar-refractivity contribution >= 4 is 33.8 Å². The zero-order valence-corrected chi connectivity index (χ0v) is 19.7. The minimum atomic E-state index is -0.155. The largest absolute Gasteiger partial charge is 0.504 e. The molecule has 0 atom stereocenters. The number of carbonyl (C=O) groups excluding carboxylic acids is 1. The zero-order valence-electron chi connectivity index (χ0n) is 19.7. The molecule has 4 rings (SSSR count). The third-order valence-electron chi connectivity index (χ3n) is 5.98. The first-order valence-corrected chi connectivity index (χ1v) is 11.7. The number of hydrogen-bond donors (Lipinski definition) is 3. The number of ether oxygens (including phenoxy) is 1. The van der Waals surface area contributed by atoms with E-state index in [1.807, 2.05) is 18.2 Å². The van der Waals surface area contributed by atoms with Gasteiger partial charge in [0.25, 0.3) is 0 Å². The Morgan fingerprint density at radius 3 is 2.80 bits per heavy atom. The number of phenolic OH excluding ortho intramolecular Hbond substituents is 2. The minimum absolute atomic E-state index is 0.136. The second-order valence-corrected chi connectivity index (χ2v) is 8.38. The fourth-order valence-electron chi connectivity index (χ4n) is 4.18. The molecule has 0 saturated heterocycles. The van der Waals surface area contributed by atoms with Gasteiger partial charge >= 0.3 is 0 Å². The molecule has 182 valence electrons. The lowest BCUT2D eigenvalue weighted by atomic mass is 10.1. The van der Waals surface area contributed by atoms with Crippen LogP contribution in [-0.4, -0.2) is 50.6 Å². The number of nitrogen functional groups attached to an aromatic ring is 1. The number of unbranched alkanes of at least 4 members (excludes halogenated alkanes) is 1. The van der Waals surface area contributed by atoms with Crippen molar-refractivity contribution in [2.75, 3.05) is 25.5 Å². The van der Waals surface area contributed by atoms with Crippen LogP contribution >= 0.6 is 0 Å². The maximum absolute atomic E-state index is 10.4. The number of anilines is 1. The molecule has 0 bridgehead atoms. The van der Waals surface area contributed by atoms with Crippen LogP contribution in [0, 0.1) is 0 Å². The second-order valence-electron chi connectivity index (χ2n) is 8.38. The molecule has 9 heteroatoms. The number of aliphatic imine (C=N–C) groups is 1. The Morgan fingerprint density at radius 1 is 1.14 bits per heavy atom. The number of phenols is 2. The maximum atomic E-state index is 10.4. The number of pyridine rings is 1. The van der Waals surface area contributed by atoms with E-state index in [1.165, 1.54) is 12.1 Å². The van der Waals surface area contributed by atoms with Crippen molar-refractivity contribution in [3.8, 4) is 11.5 Å². The molecule has 0 aliphatic carbocycles. The third kappa shape index (κ3) is 5.26. The van der Waals surface area contributed by atoms with E-state index in [2.05, 4.69) is 21.5 Å². The Bertz CT molecular complexity index is 1390. The number of nitrogens with two attached hydrogens (primary N) is 1. The molecule has 0 spiro atoms. The molecule has 0 saturated carbocycles. The summed E-state index contributed by atoms with van der Waals surface area (Å²) in [5.41, 5.74) is 10.2. The number of aryl methyl sites for hydroxylation is 1. The van der Waals surface area contributed by atoms with Crippen LogP contribution in [0.4, 0.5) is 5.82 Å². The molecule has 35 heavy (non-hydrogen) atoms. The normalized spacial score (nSPS) is 11.2. The molecule has 2 heterocycles. The number of fused-ring (bicyclic) bond motifs is 3. The first-order valence-electron chi connectivity index (χ1n) is 11.7. The van der Waals surface area contributed by atoms with E-state index in [1.54, 1.807) is 12.1 Å². The van der Waals surface area contributed by atoms with Crippen molar-refractivity contribution in [3.63, 3.8) is 0 Å².